The molecule has 0 saturated carbocycles. The number of alkyl halides is 1. The number of amides is 1. The number of carbonyl (C=O) groups is 1. The molecule has 16 heavy (non-hydrogen) atoms. The van der Waals surface area contributed by atoms with Crippen molar-refractivity contribution in [2.45, 2.75) is 5.38 Å². The molecule has 0 saturated heterocycles. The highest BCUT2D eigenvalue weighted by Gasteiger charge is 2.15. The van der Waals surface area contributed by atoms with E-state index in [1.165, 1.54) is 11.3 Å². The van der Waals surface area contributed by atoms with Crippen molar-refractivity contribution in [2.75, 3.05) is 5.32 Å². The van der Waals surface area contributed by atoms with Gasteiger partial charge in [-0.15, -0.1) is 0 Å². The van der Waals surface area contributed by atoms with Gasteiger partial charge < -0.3 is 0 Å². The maximum atomic E-state index is 11.3. The van der Waals surface area contributed by atoms with Crippen LogP contribution in [0.3, 0.4) is 0 Å². The Labute approximate surface area is 100 Å². The third-order valence-electron chi connectivity index (χ3n) is 1.87. The molecule has 0 aliphatic heterocycles. The summed E-state index contributed by atoms with van der Waals surface area (Å²) in [5, 5.41) is 10.2. The number of hydrogen-bond donors (Lipinski definition) is 1. The number of hydrogen-bond acceptors (Lipinski definition) is 4. The number of fused-ring (bicyclic) bond motifs is 1. The quantitative estimate of drug-likeness (QED) is 0.834. The van der Waals surface area contributed by atoms with Gasteiger partial charge in [-0.1, -0.05) is 35.1 Å². The first-order valence-corrected chi connectivity index (χ1v) is 5.66. The molecule has 4 nitrogen and oxygen atoms in total. The second kappa shape index (κ2) is 4.47. The van der Waals surface area contributed by atoms with Crippen molar-refractivity contribution in [3.8, 4) is 6.07 Å². The van der Waals surface area contributed by atoms with Gasteiger partial charge in [0.05, 0.1) is 16.3 Å². The van der Waals surface area contributed by atoms with E-state index in [1.807, 2.05) is 24.3 Å². The number of nitriles is 1. The molecule has 0 aliphatic carbocycles. The van der Waals surface area contributed by atoms with Crippen molar-refractivity contribution in [3.63, 3.8) is 0 Å². The first-order valence-electron chi connectivity index (χ1n) is 4.41. The normalized spacial score (nSPS) is 12.0. The second-order valence-electron chi connectivity index (χ2n) is 2.97. The smallest absolute Gasteiger partial charge is 0.258 e. The van der Waals surface area contributed by atoms with Crippen LogP contribution in [0.1, 0.15) is 0 Å². The van der Waals surface area contributed by atoms with Crippen molar-refractivity contribution in [1.82, 2.24) is 4.98 Å². The van der Waals surface area contributed by atoms with Crippen LogP contribution in [0.5, 0.6) is 0 Å². The highest BCUT2D eigenvalue weighted by Crippen LogP contribution is 2.25. The molecule has 2 aromatic rings. The van der Waals surface area contributed by atoms with Crippen LogP contribution in [-0.4, -0.2) is 16.3 Å². The highest BCUT2D eigenvalue weighted by atomic mass is 35.5. The van der Waals surface area contributed by atoms with Crippen molar-refractivity contribution in [2.24, 2.45) is 0 Å². The number of carbonyl (C=O) groups excluding carboxylic acids is 1. The van der Waals surface area contributed by atoms with Gasteiger partial charge in [-0.3, -0.25) is 10.1 Å². The third kappa shape index (κ3) is 2.13. The molecule has 6 heteroatoms. The molecular formula is C10H6ClN3OS. The number of halogens is 1. The lowest BCUT2D eigenvalue weighted by Crippen LogP contribution is -2.21. The van der Waals surface area contributed by atoms with Crippen LogP contribution in [0.15, 0.2) is 24.3 Å². The maximum absolute atomic E-state index is 11.3. The lowest BCUT2D eigenvalue weighted by Gasteiger charge is -1.99. The minimum atomic E-state index is -1.19. The lowest BCUT2D eigenvalue weighted by molar-refractivity contribution is -0.115. The van der Waals surface area contributed by atoms with Gasteiger partial charge in [0.25, 0.3) is 5.91 Å². The van der Waals surface area contributed by atoms with Crippen LogP contribution in [0.2, 0.25) is 0 Å². The van der Waals surface area contributed by atoms with E-state index in [2.05, 4.69) is 10.3 Å². The largest absolute Gasteiger partial charge is 0.300 e. The molecule has 1 unspecified atom stereocenters. The van der Waals surface area contributed by atoms with Crippen molar-refractivity contribution in [1.29, 1.82) is 5.26 Å². The maximum Gasteiger partial charge on any atom is 0.258 e. The number of thiazole rings is 1. The molecule has 1 aromatic heterocycles. The van der Waals surface area contributed by atoms with Crippen LogP contribution in [0, 0.1) is 11.3 Å². The lowest BCUT2D eigenvalue weighted by atomic mass is 10.3. The summed E-state index contributed by atoms with van der Waals surface area (Å²) in [6.45, 7) is 0. The average molecular weight is 252 g/mol. The minimum Gasteiger partial charge on any atom is -0.300 e. The molecule has 1 N–H and O–H groups in total. The number of benzene rings is 1. The fourth-order valence-corrected chi connectivity index (χ4v) is 2.08. The molecule has 0 fully saturated rings. The monoisotopic (exact) mass is 251 g/mol. The van der Waals surface area contributed by atoms with Crippen molar-refractivity contribution in [3.05, 3.63) is 24.3 Å². The Morgan fingerprint density at radius 2 is 2.31 bits per heavy atom. The Hall–Kier alpha value is -1.64. The van der Waals surface area contributed by atoms with E-state index in [1.54, 1.807) is 6.07 Å². The standard InChI is InChI=1S/C10H6ClN3OS/c11-6(5-12)9(15)14-10-13-7-3-1-2-4-8(7)16-10/h1-4,6H,(H,13,14,15). The van der Waals surface area contributed by atoms with Gasteiger partial charge in [0, 0.05) is 0 Å². The first kappa shape index (κ1) is 10.9. The summed E-state index contributed by atoms with van der Waals surface area (Å²) >= 11 is 6.81. The highest BCUT2D eigenvalue weighted by molar-refractivity contribution is 7.22. The number of rotatable bonds is 2. The van der Waals surface area contributed by atoms with E-state index >= 15 is 0 Å². The predicted octanol–water partition coefficient (Wildman–Crippen LogP) is 2.37. The molecule has 1 aromatic carbocycles. The summed E-state index contributed by atoms with van der Waals surface area (Å²) in [4.78, 5) is 15.5. The molecule has 0 radical (unpaired) electrons. The number of nitrogens with one attached hydrogen (secondary N) is 1. The SMILES string of the molecule is N#CC(Cl)C(=O)Nc1nc2ccccc2s1. The van der Waals surface area contributed by atoms with E-state index < -0.39 is 11.3 Å². The molecule has 0 spiro atoms. The Morgan fingerprint density at radius 3 is 3.00 bits per heavy atom. The zero-order valence-corrected chi connectivity index (χ0v) is 9.55. The van der Waals surface area contributed by atoms with E-state index in [4.69, 9.17) is 16.9 Å². The number of nitrogens with zero attached hydrogens (tertiary/aromatic N) is 2. The van der Waals surface area contributed by atoms with Crippen molar-refractivity contribution >= 4 is 44.2 Å². The van der Waals surface area contributed by atoms with Crippen LogP contribution < -0.4 is 5.32 Å². The van der Waals surface area contributed by atoms with Gasteiger partial charge in [-0.05, 0) is 12.1 Å². The Morgan fingerprint density at radius 1 is 1.56 bits per heavy atom. The van der Waals surface area contributed by atoms with E-state index in [0.717, 1.165) is 10.2 Å². The van der Waals surface area contributed by atoms with E-state index in [9.17, 15) is 4.79 Å². The summed E-state index contributed by atoms with van der Waals surface area (Å²) < 4.78 is 0.973. The van der Waals surface area contributed by atoms with E-state index in [0.29, 0.717) is 5.13 Å². The molecule has 2 rings (SSSR count). The summed E-state index contributed by atoms with van der Waals surface area (Å²) in [6, 6.07) is 9.17. The summed E-state index contributed by atoms with van der Waals surface area (Å²) in [7, 11) is 0. The average Bonchev–Trinajstić information content (AvgIpc) is 2.69. The molecule has 80 valence electrons. The summed E-state index contributed by atoms with van der Waals surface area (Å²) in [5.74, 6) is -0.553. The minimum absolute atomic E-state index is 0.451. The molecule has 1 atom stereocenters. The van der Waals surface area contributed by atoms with Crippen LogP contribution in [0.25, 0.3) is 10.2 Å². The van der Waals surface area contributed by atoms with Gasteiger partial charge in [-0.2, -0.15) is 5.26 Å². The van der Waals surface area contributed by atoms with Gasteiger partial charge in [0.15, 0.2) is 10.5 Å². The third-order valence-corrected chi connectivity index (χ3v) is 3.12. The Balaban J connectivity index is 2.23. The molecule has 0 bridgehead atoms. The fourth-order valence-electron chi connectivity index (χ4n) is 1.15. The van der Waals surface area contributed by atoms with Crippen LogP contribution in [-0.2, 0) is 4.79 Å². The predicted molar refractivity (Wildman–Crippen MR) is 63.5 cm³/mol. The van der Waals surface area contributed by atoms with Gasteiger partial charge in [-0.25, -0.2) is 4.98 Å². The van der Waals surface area contributed by atoms with Gasteiger partial charge in [0.1, 0.15) is 0 Å². The zero-order chi connectivity index (χ0) is 11.5. The Kier molecular flexibility index (Phi) is 3.04. The number of aromatic nitrogens is 1. The van der Waals surface area contributed by atoms with Crippen molar-refractivity contribution < 1.29 is 4.79 Å². The molecule has 1 heterocycles. The number of para-hydroxylation sites is 1. The fraction of sp³-hybridized carbons (Fsp3) is 0.100. The first-order chi connectivity index (χ1) is 7.70. The van der Waals surface area contributed by atoms with Gasteiger partial charge in [0.2, 0.25) is 0 Å². The summed E-state index contributed by atoms with van der Waals surface area (Å²) in [5.41, 5.74) is 0.811. The van der Waals surface area contributed by atoms with Crippen LogP contribution in [0.4, 0.5) is 5.13 Å². The molecule has 0 aliphatic rings. The Bertz CT molecular complexity index is 542. The zero-order valence-electron chi connectivity index (χ0n) is 7.98. The molecule has 1 amide bonds. The molecular weight excluding hydrogens is 246 g/mol. The van der Waals surface area contributed by atoms with Gasteiger partial charge >= 0.3 is 0 Å². The topological polar surface area (TPSA) is 65.8 Å². The summed E-state index contributed by atoms with van der Waals surface area (Å²) in [6.07, 6.45) is 0. The van der Waals surface area contributed by atoms with E-state index in [-0.39, 0.29) is 0 Å². The van der Waals surface area contributed by atoms with Crippen LogP contribution >= 0.6 is 22.9 Å². The number of anilines is 1. The second-order valence-corrected chi connectivity index (χ2v) is 4.43.